The Morgan fingerprint density at radius 2 is 1.84 bits per heavy atom. The highest BCUT2D eigenvalue weighted by atomic mass is 16.5. The predicted octanol–water partition coefficient (Wildman–Crippen LogP) is -0.636. The van der Waals surface area contributed by atoms with Crippen molar-refractivity contribution in [1.82, 2.24) is 0 Å². The first-order valence-electron chi connectivity index (χ1n) is 5.30. The van der Waals surface area contributed by atoms with Gasteiger partial charge < -0.3 is 4.74 Å². The van der Waals surface area contributed by atoms with Crippen molar-refractivity contribution in [3.63, 3.8) is 0 Å². The van der Waals surface area contributed by atoms with Gasteiger partial charge in [-0.05, 0) is 5.87 Å². The number of pyridine rings is 1. The first-order valence-corrected chi connectivity index (χ1v) is 5.30. The Morgan fingerprint density at radius 3 is 2.37 bits per heavy atom. The molecule has 0 saturated carbocycles. The van der Waals surface area contributed by atoms with E-state index in [0.717, 1.165) is 7.11 Å². The van der Waals surface area contributed by atoms with Crippen molar-refractivity contribution in [2.45, 2.75) is 0 Å². The van der Waals surface area contributed by atoms with Gasteiger partial charge in [0.25, 0.3) is 11.1 Å². The Hall–Kier alpha value is -2.85. The standard InChI is InChI=1S/C13H9N2O4/c1-19-13(18)8(7-14)9-10(12(17)11(9)16)15-5-3-2-4-6-15/h2-6,14H,1H3/q+1. The van der Waals surface area contributed by atoms with Crippen molar-refractivity contribution in [3.8, 4) is 5.69 Å². The molecule has 1 aromatic carbocycles. The molecular weight excluding hydrogens is 248 g/mol. The van der Waals surface area contributed by atoms with Crippen molar-refractivity contribution in [1.29, 1.82) is 5.41 Å². The number of hydrogen-bond acceptors (Lipinski definition) is 5. The molecule has 0 amide bonds. The molecule has 1 aromatic heterocycles. The molecule has 2 rings (SSSR count). The van der Waals surface area contributed by atoms with Crippen LogP contribution >= 0.6 is 0 Å². The Labute approximate surface area is 107 Å². The fourth-order valence-electron chi connectivity index (χ4n) is 1.72. The zero-order valence-electron chi connectivity index (χ0n) is 9.97. The molecule has 6 nitrogen and oxygen atoms in total. The van der Waals surface area contributed by atoms with Gasteiger partial charge in [-0.1, -0.05) is 6.07 Å². The third-order valence-electron chi connectivity index (χ3n) is 2.62. The molecular formula is C13H9N2O4+. The van der Waals surface area contributed by atoms with E-state index in [0.29, 0.717) is 0 Å². The molecule has 0 aliphatic rings. The Balaban J connectivity index is 2.66. The van der Waals surface area contributed by atoms with Gasteiger partial charge in [0.2, 0.25) is 5.43 Å². The van der Waals surface area contributed by atoms with Crippen molar-refractivity contribution < 1.29 is 14.1 Å². The fraction of sp³-hybridized carbons (Fsp3) is 0.0769. The number of ether oxygens (including phenoxy) is 1. The monoisotopic (exact) mass is 257 g/mol. The van der Waals surface area contributed by atoms with Crippen LogP contribution in [-0.4, -0.2) is 18.9 Å². The minimum absolute atomic E-state index is 0.0470. The average molecular weight is 257 g/mol. The fourth-order valence-corrected chi connectivity index (χ4v) is 1.72. The largest absolute Gasteiger partial charge is 0.465 e. The molecule has 0 spiro atoms. The summed E-state index contributed by atoms with van der Waals surface area (Å²) in [5.74, 6) is 0.978. The quantitative estimate of drug-likeness (QED) is 0.260. The Bertz CT molecular complexity index is 764. The number of nitrogens with one attached hydrogen (secondary N) is 1. The van der Waals surface area contributed by atoms with Gasteiger partial charge in [-0.15, -0.1) is 0 Å². The number of carbonyl (C=O) groups is 1. The van der Waals surface area contributed by atoms with E-state index < -0.39 is 16.8 Å². The zero-order chi connectivity index (χ0) is 14.0. The second-order valence-electron chi connectivity index (χ2n) is 3.66. The highest BCUT2D eigenvalue weighted by molar-refractivity contribution is 6.26. The summed E-state index contributed by atoms with van der Waals surface area (Å²) in [6.45, 7) is 0. The molecule has 0 radical (unpaired) electrons. The zero-order valence-corrected chi connectivity index (χ0v) is 9.97. The summed E-state index contributed by atoms with van der Waals surface area (Å²) < 4.78 is 5.88. The van der Waals surface area contributed by atoms with Crippen LogP contribution in [0.25, 0.3) is 11.3 Å². The lowest BCUT2D eigenvalue weighted by Crippen LogP contribution is -2.50. The average Bonchev–Trinajstić information content (AvgIpc) is 2.47. The third-order valence-corrected chi connectivity index (χ3v) is 2.62. The molecule has 6 heteroatoms. The van der Waals surface area contributed by atoms with Gasteiger partial charge in [-0.2, -0.15) is 4.57 Å². The first kappa shape index (κ1) is 12.6. The molecule has 19 heavy (non-hydrogen) atoms. The second kappa shape index (κ2) is 4.80. The second-order valence-corrected chi connectivity index (χ2v) is 3.66. The van der Waals surface area contributed by atoms with E-state index in [1.807, 2.05) is 5.87 Å². The number of hydrogen-bond donors (Lipinski definition) is 1. The summed E-state index contributed by atoms with van der Waals surface area (Å²) >= 11 is 0. The van der Waals surface area contributed by atoms with Gasteiger partial charge in [0.05, 0.1) is 7.11 Å². The Kier molecular flexibility index (Phi) is 3.18. The lowest BCUT2D eigenvalue weighted by Gasteiger charge is -2.05. The van der Waals surface area contributed by atoms with Gasteiger partial charge >= 0.3 is 5.97 Å². The van der Waals surface area contributed by atoms with Crippen LogP contribution in [0, 0.1) is 5.41 Å². The molecule has 0 unspecified atom stereocenters. The maximum absolute atomic E-state index is 11.6. The number of rotatable bonds is 3. The maximum atomic E-state index is 11.6. The minimum Gasteiger partial charge on any atom is -0.465 e. The third kappa shape index (κ3) is 1.90. The number of methoxy groups -OCH3 is 1. The molecule has 0 aliphatic heterocycles. The van der Waals surface area contributed by atoms with Crippen molar-refractivity contribution in [2.24, 2.45) is 0 Å². The van der Waals surface area contributed by atoms with Gasteiger partial charge in [-0.25, -0.2) is 4.79 Å². The van der Waals surface area contributed by atoms with Crippen LogP contribution in [0.2, 0.25) is 0 Å². The van der Waals surface area contributed by atoms with Crippen LogP contribution in [0.1, 0.15) is 5.56 Å². The van der Waals surface area contributed by atoms with E-state index in [2.05, 4.69) is 4.74 Å². The number of carbonyl (C=O) groups excluding carboxylic acids is 1. The van der Waals surface area contributed by atoms with Crippen LogP contribution in [0.3, 0.4) is 0 Å². The summed E-state index contributed by atoms with van der Waals surface area (Å²) in [5, 5.41) is 7.07. The molecule has 0 atom stereocenters. The molecule has 1 N–H and O–H groups in total. The van der Waals surface area contributed by atoms with Gasteiger partial charge in [-0.3, -0.25) is 15.0 Å². The SMILES string of the molecule is COC(=O)C(=C=N)c1c(-[n+]2ccccc2)c(=O)c1=O. The van der Waals surface area contributed by atoms with Crippen molar-refractivity contribution >= 4 is 17.4 Å². The maximum Gasteiger partial charge on any atom is 0.348 e. The van der Waals surface area contributed by atoms with Gasteiger partial charge in [0.1, 0.15) is 11.1 Å². The van der Waals surface area contributed by atoms with Crippen LogP contribution in [-0.2, 0) is 9.53 Å². The van der Waals surface area contributed by atoms with Crippen molar-refractivity contribution in [2.75, 3.05) is 7.11 Å². The summed E-state index contributed by atoms with van der Waals surface area (Å²) in [7, 11) is 1.13. The van der Waals surface area contributed by atoms with E-state index in [1.165, 1.54) is 4.57 Å². The molecule has 2 aromatic rings. The summed E-state index contributed by atoms with van der Waals surface area (Å²) in [6, 6.07) is 5.09. The van der Waals surface area contributed by atoms with Gasteiger partial charge in [0, 0.05) is 12.1 Å². The van der Waals surface area contributed by atoms with Crippen LogP contribution in [0.15, 0.2) is 40.2 Å². The van der Waals surface area contributed by atoms with Gasteiger partial charge in [0.15, 0.2) is 12.4 Å². The van der Waals surface area contributed by atoms with E-state index in [4.69, 9.17) is 5.41 Å². The van der Waals surface area contributed by atoms with E-state index in [1.54, 1.807) is 30.6 Å². The minimum atomic E-state index is -0.875. The number of aromatic nitrogens is 1. The molecule has 1 heterocycles. The molecule has 0 bridgehead atoms. The predicted molar refractivity (Wildman–Crippen MR) is 66.0 cm³/mol. The summed E-state index contributed by atoms with van der Waals surface area (Å²) in [6.07, 6.45) is 3.14. The van der Waals surface area contributed by atoms with Crippen molar-refractivity contribution in [3.05, 3.63) is 56.6 Å². The lowest BCUT2D eigenvalue weighted by atomic mass is 9.99. The summed E-state index contributed by atoms with van der Waals surface area (Å²) in [5.41, 5.74) is -1.96. The highest BCUT2D eigenvalue weighted by Crippen LogP contribution is 2.13. The summed E-state index contributed by atoms with van der Waals surface area (Å²) in [4.78, 5) is 34.7. The van der Waals surface area contributed by atoms with Crippen LogP contribution in [0.5, 0.6) is 0 Å². The van der Waals surface area contributed by atoms with Crippen LogP contribution < -0.4 is 15.4 Å². The van der Waals surface area contributed by atoms with Crippen LogP contribution in [0.4, 0.5) is 0 Å². The molecule has 0 fully saturated rings. The smallest absolute Gasteiger partial charge is 0.348 e. The van der Waals surface area contributed by atoms with E-state index >= 15 is 0 Å². The normalized spacial score (nSPS) is 9.95. The number of nitrogens with zero attached hydrogens (tertiary/aromatic N) is 1. The topological polar surface area (TPSA) is 88.2 Å². The lowest BCUT2D eigenvalue weighted by molar-refractivity contribution is -0.597. The first-order chi connectivity index (χ1) is 9.11. The molecule has 0 aliphatic carbocycles. The molecule has 0 saturated heterocycles. The highest BCUT2D eigenvalue weighted by Gasteiger charge is 2.35. The number of esters is 1. The van der Waals surface area contributed by atoms with E-state index in [-0.39, 0.29) is 16.8 Å². The van der Waals surface area contributed by atoms with E-state index in [9.17, 15) is 14.4 Å². The Morgan fingerprint density at radius 1 is 1.21 bits per heavy atom. The molecule has 94 valence electrons.